The number of aromatic nitrogens is 2. The van der Waals surface area contributed by atoms with Gasteiger partial charge in [-0.15, -0.1) is 0 Å². The molecule has 0 aliphatic rings. The summed E-state index contributed by atoms with van der Waals surface area (Å²) >= 11 is 0. The normalized spacial score (nSPS) is 10.8. The zero-order chi connectivity index (χ0) is 16.6. The van der Waals surface area contributed by atoms with E-state index >= 15 is 0 Å². The number of nitrogens with one attached hydrogen (secondary N) is 2. The first kappa shape index (κ1) is 15.7. The van der Waals surface area contributed by atoms with Crippen LogP contribution in [-0.4, -0.2) is 29.0 Å². The second kappa shape index (κ2) is 7.87. The van der Waals surface area contributed by atoms with E-state index in [-0.39, 0.29) is 5.91 Å². The first-order valence-electron chi connectivity index (χ1n) is 7.76. The van der Waals surface area contributed by atoms with Gasteiger partial charge >= 0.3 is 0 Å². The number of carbonyl (C=O) groups is 1. The average molecular weight is 318 g/mol. The summed E-state index contributed by atoms with van der Waals surface area (Å²) < 4.78 is 0. The van der Waals surface area contributed by atoms with E-state index in [2.05, 4.69) is 38.8 Å². The van der Waals surface area contributed by atoms with Gasteiger partial charge in [-0.2, -0.15) is 0 Å². The summed E-state index contributed by atoms with van der Waals surface area (Å²) in [5, 5.41) is 8.21. The third-order valence-corrected chi connectivity index (χ3v) is 3.53. The first-order valence-corrected chi connectivity index (χ1v) is 7.76. The van der Waals surface area contributed by atoms with Gasteiger partial charge in [-0.05, 0) is 22.4 Å². The lowest BCUT2D eigenvalue weighted by Crippen LogP contribution is -2.27. The fourth-order valence-corrected chi connectivity index (χ4v) is 2.39. The fourth-order valence-electron chi connectivity index (χ4n) is 2.39. The highest BCUT2D eigenvalue weighted by Gasteiger charge is 1.99. The maximum Gasteiger partial charge on any atom is 0.244 e. The van der Waals surface area contributed by atoms with Crippen molar-refractivity contribution in [3.63, 3.8) is 0 Å². The summed E-state index contributed by atoms with van der Waals surface area (Å²) in [5.41, 5.74) is 1.03. The number of anilines is 1. The number of carbonyl (C=O) groups excluding carboxylic acids is 1. The molecule has 2 N–H and O–H groups in total. The largest absolute Gasteiger partial charge is 0.367 e. The van der Waals surface area contributed by atoms with E-state index in [1.807, 2.05) is 30.3 Å². The van der Waals surface area contributed by atoms with E-state index in [4.69, 9.17) is 0 Å². The third kappa shape index (κ3) is 4.16. The Morgan fingerprint density at radius 1 is 1.04 bits per heavy atom. The summed E-state index contributed by atoms with van der Waals surface area (Å²) in [5.74, 6) is 0.571. The average Bonchev–Trinajstić information content (AvgIpc) is 2.64. The third-order valence-electron chi connectivity index (χ3n) is 3.53. The molecule has 1 amide bonds. The van der Waals surface area contributed by atoms with Gasteiger partial charge in [-0.3, -0.25) is 9.78 Å². The monoisotopic (exact) mass is 318 g/mol. The number of benzene rings is 2. The number of fused-ring (bicyclic) bond motifs is 1. The van der Waals surface area contributed by atoms with Crippen LogP contribution in [0.15, 0.2) is 67.1 Å². The van der Waals surface area contributed by atoms with E-state index in [1.165, 1.54) is 0 Å². The van der Waals surface area contributed by atoms with Crippen molar-refractivity contribution in [2.24, 2.45) is 0 Å². The molecule has 24 heavy (non-hydrogen) atoms. The van der Waals surface area contributed by atoms with Crippen molar-refractivity contribution in [1.82, 2.24) is 15.3 Å². The molecule has 0 aliphatic carbocycles. The number of rotatable bonds is 6. The van der Waals surface area contributed by atoms with Crippen molar-refractivity contribution in [3.8, 4) is 0 Å². The quantitative estimate of drug-likeness (QED) is 0.542. The topological polar surface area (TPSA) is 66.9 Å². The number of amides is 1. The Morgan fingerprint density at radius 3 is 2.79 bits per heavy atom. The molecule has 3 aromatic rings. The van der Waals surface area contributed by atoms with Crippen molar-refractivity contribution in [2.75, 3.05) is 18.4 Å². The minimum absolute atomic E-state index is 0.121. The lowest BCUT2D eigenvalue weighted by atomic mass is 10.0. The number of hydrogen-bond donors (Lipinski definition) is 2. The minimum Gasteiger partial charge on any atom is -0.367 e. The molecule has 1 aromatic heterocycles. The van der Waals surface area contributed by atoms with Gasteiger partial charge in [0, 0.05) is 31.6 Å². The Bertz CT molecular complexity index is 841. The SMILES string of the molecule is O=C(C=Cc1cccc2ccccc12)NCCNc1cnccn1. The summed E-state index contributed by atoms with van der Waals surface area (Å²) in [6, 6.07) is 14.2. The maximum absolute atomic E-state index is 11.9. The van der Waals surface area contributed by atoms with E-state index in [0.717, 1.165) is 16.3 Å². The van der Waals surface area contributed by atoms with Crippen LogP contribution in [0.25, 0.3) is 16.8 Å². The molecular formula is C19H18N4O. The van der Waals surface area contributed by atoms with Gasteiger partial charge in [-0.25, -0.2) is 4.98 Å². The molecule has 5 nitrogen and oxygen atoms in total. The summed E-state index contributed by atoms with van der Waals surface area (Å²) in [6.45, 7) is 1.10. The lowest BCUT2D eigenvalue weighted by molar-refractivity contribution is -0.116. The predicted molar refractivity (Wildman–Crippen MR) is 96.5 cm³/mol. The summed E-state index contributed by atoms with van der Waals surface area (Å²) in [4.78, 5) is 20.0. The smallest absolute Gasteiger partial charge is 0.244 e. The van der Waals surface area contributed by atoms with Crippen LogP contribution in [0.5, 0.6) is 0 Å². The molecule has 120 valence electrons. The van der Waals surface area contributed by atoms with E-state index < -0.39 is 0 Å². The van der Waals surface area contributed by atoms with Gasteiger partial charge in [0.05, 0.1) is 6.20 Å². The highest BCUT2D eigenvalue weighted by atomic mass is 16.1. The Labute approximate surface area is 140 Å². The van der Waals surface area contributed by atoms with Crippen LogP contribution in [-0.2, 0) is 4.79 Å². The molecule has 2 aromatic carbocycles. The second-order valence-corrected chi connectivity index (χ2v) is 5.21. The van der Waals surface area contributed by atoms with Crippen molar-refractivity contribution in [3.05, 3.63) is 72.7 Å². The predicted octanol–water partition coefficient (Wildman–Crippen LogP) is 2.87. The Balaban J connectivity index is 1.52. The molecule has 0 spiro atoms. The van der Waals surface area contributed by atoms with E-state index in [0.29, 0.717) is 18.9 Å². The Morgan fingerprint density at radius 2 is 1.92 bits per heavy atom. The fraction of sp³-hybridized carbons (Fsp3) is 0.105. The van der Waals surface area contributed by atoms with Crippen molar-refractivity contribution < 1.29 is 4.79 Å². The highest BCUT2D eigenvalue weighted by molar-refractivity contribution is 5.96. The number of hydrogen-bond acceptors (Lipinski definition) is 4. The number of nitrogens with zero attached hydrogens (tertiary/aromatic N) is 2. The molecule has 0 aliphatic heterocycles. The van der Waals surface area contributed by atoms with Crippen LogP contribution in [0.1, 0.15) is 5.56 Å². The molecule has 0 unspecified atom stereocenters. The zero-order valence-electron chi connectivity index (χ0n) is 13.1. The van der Waals surface area contributed by atoms with Gasteiger partial charge in [0.25, 0.3) is 0 Å². The molecule has 0 bridgehead atoms. The molecule has 0 saturated carbocycles. The minimum atomic E-state index is -0.121. The van der Waals surface area contributed by atoms with Gasteiger partial charge < -0.3 is 10.6 Å². The van der Waals surface area contributed by atoms with Crippen LogP contribution in [0.3, 0.4) is 0 Å². The Kier molecular flexibility index (Phi) is 5.14. The zero-order valence-corrected chi connectivity index (χ0v) is 13.1. The Hall–Kier alpha value is -3.21. The van der Waals surface area contributed by atoms with Crippen LogP contribution < -0.4 is 10.6 Å². The highest BCUT2D eigenvalue weighted by Crippen LogP contribution is 2.19. The molecule has 5 heteroatoms. The van der Waals surface area contributed by atoms with Crippen LogP contribution >= 0.6 is 0 Å². The summed E-state index contributed by atoms with van der Waals surface area (Å²) in [7, 11) is 0. The van der Waals surface area contributed by atoms with E-state index in [9.17, 15) is 4.79 Å². The maximum atomic E-state index is 11.9. The molecule has 1 heterocycles. The molecule has 3 rings (SSSR count). The van der Waals surface area contributed by atoms with Crippen molar-refractivity contribution in [1.29, 1.82) is 0 Å². The van der Waals surface area contributed by atoms with E-state index in [1.54, 1.807) is 24.7 Å². The van der Waals surface area contributed by atoms with Crippen molar-refractivity contribution in [2.45, 2.75) is 0 Å². The van der Waals surface area contributed by atoms with Crippen LogP contribution in [0.4, 0.5) is 5.82 Å². The van der Waals surface area contributed by atoms with Gasteiger partial charge in [0.1, 0.15) is 5.82 Å². The standard InChI is InChI=1S/C19H18N4O/c24-19(23-13-12-22-18-14-20-10-11-21-18)9-8-16-6-3-5-15-4-1-2-7-17(15)16/h1-11,14H,12-13H2,(H,21,22)(H,23,24). The van der Waals surface area contributed by atoms with Crippen LogP contribution in [0, 0.1) is 0 Å². The summed E-state index contributed by atoms with van der Waals surface area (Å²) in [6.07, 6.45) is 8.28. The van der Waals surface area contributed by atoms with Gasteiger partial charge in [0.15, 0.2) is 0 Å². The van der Waals surface area contributed by atoms with Crippen LogP contribution in [0.2, 0.25) is 0 Å². The molecule has 0 radical (unpaired) electrons. The molecule has 0 fully saturated rings. The van der Waals surface area contributed by atoms with Gasteiger partial charge in [-0.1, -0.05) is 42.5 Å². The lowest BCUT2D eigenvalue weighted by Gasteiger charge is -2.05. The van der Waals surface area contributed by atoms with Crippen molar-refractivity contribution >= 4 is 28.6 Å². The molecule has 0 saturated heterocycles. The first-order chi connectivity index (χ1) is 11.8. The second-order valence-electron chi connectivity index (χ2n) is 5.21. The molecular weight excluding hydrogens is 300 g/mol. The van der Waals surface area contributed by atoms with Gasteiger partial charge in [0.2, 0.25) is 5.91 Å². The molecule has 0 atom stereocenters.